The fraction of sp³-hybridized carbons (Fsp3) is 0.444. The zero-order valence-electron chi connectivity index (χ0n) is 18.8. The van der Waals surface area contributed by atoms with Crippen molar-refractivity contribution in [2.24, 2.45) is 0 Å². The molecule has 1 aromatic heterocycles. The van der Waals surface area contributed by atoms with Crippen LogP contribution in [0, 0.1) is 0 Å². The summed E-state index contributed by atoms with van der Waals surface area (Å²) in [6.07, 6.45) is 7.23. The molecule has 3 aromatic rings. The Morgan fingerprint density at radius 2 is 1.97 bits per heavy atom. The molecular weight excluding hydrogens is 436 g/mol. The number of hydrogen-bond acceptors (Lipinski definition) is 3. The van der Waals surface area contributed by atoms with Crippen LogP contribution in [0.5, 0.6) is 0 Å². The Labute approximate surface area is 199 Å². The van der Waals surface area contributed by atoms with Crippen molar-refractivity contribution >= 4 is 28.4 Å². The van der Waals surface area contributed by atoms with Crippen LogP contribution in [0.1, 0.15) is 53.6 Å². The summed E-state index contributed by atoms with van der Waals surface area (Å²) in [5.74, 6) is 0.0896. The van der Waals surface area contributed by atoms with Crippen LogP contribution in [0.3, 0.4) is 0 Å². The van der Waals surface area contributed by atoms with Crippen molar-refractivity contribution in [3.8, 4) is 0 Å². The second-order valence-corrected chi connectivity index (χ2v) is 10.0. The van der Waals surface area contributed by atoms with Gasteiger partial charge >= 0.3 is 0 Å². The number of hydrogen-bond donors (Lipinski definition) is 0. The topological polar surface area (TPSA) is 43.7 Å². The van der Waals surface area contributed by atoms with Crippen molar-refractivity contribution < 1.29 is 14.3 Å². The fourth-order valence-corrected chi connectivity index (χ4v) is 5.96. The van der Waals surface area contributed by atoms with Gasteiger partial charge in [0.2, 0.25) is 0 Å². The third kappa shape index (κ3) is 3.76. The number of piperidine rings is 1. The molecule has 1 unspecified atom stereocenters. The van der Waals surface area contributed by atoms with Crippen molar-refractivity contribution in [1.82, 2.24) is 9.47 Å². The minimum absolute atomic E-state index is 0.0896. The van der Waals surface area contributed by atoms with Gasteiger partial charge < -0.3 is 18.9 Å². The maximum atomic E-state index is 13.7. The first-order valence-corrected chi connectivity index (χ1v) is 12.4. The number of nitrogens with zero attached hydrogens (tertiary/aromatic N) is 2. The first kappa shape index (κ1) is 21.2. The van der Waals surface area contributed by atoms with E-state index in [4.69, 9.17) is 21.1 Å². The van der Waals surface area contributed by atoms with E-state index in [-0.39, 0.29) is 17.6 Å². The van der Waals surface area contributed by atoms with E-state index < -0.39 is 0 Å². The number of benzene rings is 2. The summed E-state index contributed by atoms with van der Waals surface area (Å²) in [7, 11) is 0. The molecule has 0 saturated carbocycles. The molecule has 3 aliphatic rings. The molecule has 0 N–H and O–H groups in total. The third-order valence-corrected chi connectivity index (χ3v) is 7.85. The molecule has 1 amide bonds. The molecule has 1 atom stereocenters. The molecule has 6 heteroatoms. The summed E-state index contributed by atoms with van der Waals surface area (Å²) >= 11 is 6.33. The molecule has 2 fully saturated rings. The second kappa shape index (κ2) is 8.46. The molecule has 6 rings (SSSR count). The van der Waals surface area contributed by atoms with Crippen LogP contribution in [0.25, 0.3) is 10.9 Å². The van der Waals surface area contributed by atoms with Crippen LogP contribution in [0.15, 0.2) is 48.7 Å². The quantitative estimate of drug-likeness (QED) is 0.512. The Kier molecular flexibility index (Phi) is 5.44. The van der Waals surface area contributed by atoms with E-state index >= 15 is 0 Å². The molecule has 5 nitrogen and oxygen atoms in total. The normalized spacial score (nSPS) is 22.1. The Balaban J connectivity index is 1.25. The van der Waals surface area contributed by atoms with Crippen molar-refractivity contribution in [1.29, 1.82) is 0 Å². The molecule has 3 aliphatic heterocycles. The van der Waals surface area contributed by atoms with Crippen LogP contribution in [-0.4, -0.2) is 41.2 Å². The molecule has 1 spiro atoms. The van der Waals surface area contributed by atoms with Gasteiger partial charge in [0, 0.05) is 42.8 Å². The predicted octanol–water partition coefficient (Wildman–Crippen LogP) is 5.53. The summed E-state index contributed by atoms with van der Waals surface area (Å²) in [6.45, 7) is 3.62. The Bertz CT molecular complexity index is 1190. The van der Waals surface area contributed by atoms with Gasteiger partial charge in [-0.05, 0) is 55.4 Å². The summed E-state index contributed by atoms with van der Waals surface area (Å²) in [4.78, 5) is 15.6. The number of carbonyl (C=O) groups excluding carboxylic acids is 1. The van der Waals surface area contributed by atoms with Gasteiger partial charge in [0.15, 0.2) is 0 Å². The number of fused-ring (bicyclic) bond motifs is 3. The lowest BCUT2D eigenvalue weighted by Gasteiger charge is -2.39. The average molecular weight is 465 g/mol. The van der Waals surface area contributed by atoms with E-state index in [1.807, 2.05) is 29.3 Å². The van der Waals surface area contributed by atoms with Gasteiger partial charge in [-0.15, -0.1) is 0 Å². The lowest BCUT2D eigenvalue weighted by molar-refractivity contribution is -0.0741. The van der Waals surface area contributed by atoms with Crippen molar-refractivity contribution in [3.05, 3.63) is 70.4 Å². The number of amides is 1. The number of halogens is 1. The Morgan fingerprint density at radius 3 is 2.79 bits per heavy atom. The van der Waals surface area contributed by atoms with Crippen LogP contribution < -0.4 is 0 Å². The van der Waals surface area contributed by atoms with Gasteiger partial charge in [-0.2, -0.15) is 0 Å². The molecule has 0 bridgehead atoms. The summed E-state index contributed by atoms with van der Waals surface area (Å²) in [6, 6.07) is 14.3. The molecule has 0 aliphatic carbocycles. The average Bonchev–Trinajstić information content (AvgIpc) is 3.38. The highest BCUT2D eigenvalue weighted by molar-refractivity contribution is 6.31. The Morgan fingerprint density at radius 1 is 1.12 bits per heavy atom. The van der Waals surface area contributed by atoms with Crippen molar-refractivity contribution in [2.45, 2.75) is 57.0 Å². The maximum Gasteiger partial charge on any atom is 0.256 e. The van der Waals surface area contributed by atoms with Crippen LogP contribution in [0.4, 0.5) is 0 Å². The Hall–Kier alpha value is -2.34. The van der Waals surface area contributed by atoms with Crippen LogP contribution in [0.2, 0.25) is 5.02 Å². The van der Waals surface area contributed by atoms with E-state index in [0.717, 1.165) is 55.3 Å². The zero-order chi connectivity index (χ0) is 22.4. The predicted molar refractivity (Wildman–Crippen MR) is 129 cm³/mol. The summed E-state index contributed by atoms with van der Waals surface area (Å²) in [5, 5.41) is 1.64. The fourth-order valence-electron chi connectivity index (χ4n) is 5.80. The number of rotatable bonds is 3. The van der Waals surface area contributed by atoms with Gasteiger partial charge in [0.1, 0.15) is 0 Å². The van der Waals surface area contributed by atoms with Gasteiger partial charge in [0.05, 0.1) is 29.4 Å². The minimum Gasteiger partial charge on any atom is -0.376 e. The SMILES string of the molecule is O=C(c1cn(CC2CCCCO2)c2cc(Cl)ccc12)N1CCC2(CC1)OCc1ccccc12. The second-order valence-electron chi connectivity index (χ2n) is 9.58. The van der Waals surface area contributed by atoms with Crippen LogP contribution >= 0.6 is 11.6 Å². The lowest BCUT2D eigenvalue weighted by atomic mass is 9.83. The highest BCUT2D eigenvalue weighted by Crippen LogP contribution is 2.44. The molecule has 172 valence electrons. The first-order valence-electron chi connectivity index (χ1n) is 12.0. The van der Waals surface area contributed by atoms with Gasteiger partial charge in [-0.25, -0.2) is 0 Å². The molecular formula is C27H29ClN2O3. The van der Waals surface area contributed by atoms with Crippen LogP contribution in [-0.2, 0) is 28.2 Å². The largest absolute Gasteiger partial charge is 0.376 e. The van der Waals surface area contributed by atoms with E-state index in [2.05, 4.69) is 28.8 Å². The number of carbonyl (C=O) groups is 1. The third-order valence-electron chi connectivity index (χ3n) is 7.62. The first-order chi connectivity index (χ1) is 16.1. The molecule has 0 radical (unpaired) electrons. The van der Waals surface area contributed by atoms with Gasteiger partial charge in [0.25, 0.3) is 5.91 Å². The smallest absolute Gasteiger partial charge is 0.256 e. The standard InChI is InChI=1S/C27H29ClN2O3/c28-20-8-9-22-23(17-30(25(22)15-20)16-21-6-3-4-14-32-21)26(31)29-12-10-27(11-13-29)24-7-2-1-5-19(24)18-33-27/h1-2,5,7-9,15,17,21H,3-4,6,10-14,16,18H2. The highest BCUT2D eigenvalue weighted by Gasteiger charge is 2.43. The highest BCUT2D eigenvalue weighted by atomic mass is 35.5. The number of likely N-dealkylation sites (tertiary alicyclic amines) is 1. The summed E-state index contributed by atoms with van der Waals surface area (Å²) < 4.78 is 14.4. The number of aromatic nitrogens is 1. The lowest BCUT2D eigenvalue weighted by Crippen LogP contribution is -2.45. The monoisotopic (exact) mass is 464 g/mol. The molecule has 2 aromatic carbocycles. The van der Waals surface area contributed by atoms with E-state index in [1.165, 1.54) is 17.5 Å². The van der Waals surface area contributed by atoms with Crippen molar-refractivity contribution in [3.63, 3.8) is 0 Å². The van der Waals surface area contributed by atoms with Gasteiger partial charge in [-0.3, -0.25) is 4.79 Å². The van der Waals surface area contributed by atoms with Gasteiger partial charge in [-0.1, -0.05) is 41.9 Å². The van der Waals surface area contributed by atoms with E-state index in [9.17, 15) is 4.79 Å². The molecule has 33 heavy (non-hydrogen) atoms. The summed E-state index contributed by atoms with van der Waals surface area (Å²) in [5.41, 5.74) is 4.09. The van der Waals surface area contributed by atoms with E-state index in [0.29, 0.717) is 24.7 Å². The van der Waals surface area contributed by atoms with Crippen molar-refractivity contribution in [2.75, 3.05) is 19.7 Å². The number of ether oxygens (including phenoxy) is 2. The minimum atomic E-state index is -0.243. The zero-order valence-corrected chi connectivity index (χ0v) is 19.5. The van der Waals surface area contributed by atoms with E-state index in [1.54, 1.807) is 0 Å². The molecule has 2 saturated heterocycles. The maximum absolute atomic E-state index is 13.7. The molecule has 4 heterocycles.